The molecule has 2 saturated heterocycles. The highest BCUT2D eigenvalue weighted by atomic mass is 32.2. The number of benzene rings is 1. The molecule has 3 rings (SSSR count). The molecular formula is C16H16N2O2S. The molecule has 0 radical (unpaired) electrons. The van der Waals surface area contributed by atoms with Gasteiger partial charge in [0.15, 0.2) is 0 Å². The van der Waals surface area contributed by atoms with E-state index in [1.165, 1.54) is 0 Å². The second kappa shape index (κ2) is 5.12. The van der Waals surface area contributed by atoms with Gasteiger partial charge in [-0.3, -0.25) is 9.59 Å². The van der Waals surface area contributed by atoms with Crippen molar-refractivity contribution in [2.24, 2.45) is 0 Å². The third-order valence-electron chi connectivity index (χ3n) is 4.04. The van der Waals surface area contributed by atoms with E-state index in [1.807, 2.05) is 13.0 Å². The maximum atomic E-state index is 12.5. The van der Waals surface area contributed by atoms with Crippen LogP contribution < -0.4 is 5.32 Å². The Hall–Kier alpha value is -1.93. The first-order chi connectivity index (χ1) is 10.0. The van der Waals surface area contributed by atoms with Gasteiger partial charge in [-0.1, -0.05) is 12.0 Å². The van der Waals surface area contributed by atoms with Crippen LogP contribution in [0.4, 0.5) is 5.69 Å². The highest BCUT2D eigenvalue weighted by Gasteiger charge is 2.52. The van der Waals surface area contributed by atoms with Crippen molar-refractivity contribution in [2.45, 2.75) is 30.7 Å². The molecule has 108 valence electrons. The number of nitrogens with zero attached hydrogens (tertiary/aromatic N) is 1. The van der Waals surface area contributed by atoms with Crippen LogP contribution in [0.5, 0.6) is 0 Å². The van der Waals surface area contributed by atoms with Crippen LogP contribution >= 0.6 is 11.8 Å². The van der Waals surface area contributed by atoms with E-state index in [1.54, 1.807) is 34.9 Å². The number of anilines is 1. The predicted molar refractivity (Wildman–Crippen MR) is 83.7 cm³/mol. The minimum atomic E-state index is -0.399. The van der Waals surface area contributed by atoms with E-state index in [-0.39, 0.29) is 16.7 Å². The molecule has 0 saturated carbocycles. The van der Waals surface area contributed by atoms with E-state index >= 15 is 0 Å². The number of carbonyl (C=O) groups is 2. The van der Waals surface area contributed by atoms with Crippen LogP contribution in [-0.2, 0) is 9.59 Å². The Kier molecular flexibility index (Phi) is 3.42. The van der Waals surface area contributed by atoms with Crippen LogP contribution in [0.1, 0.15) is 25.3 Å². The number of thioether (sulfide) groups is 1. The zero-order valence-corrected chi connectivity index (χ0v) is 12.6. The molecule has 2 atom stereocenters. The molecule has 2 amide bonds. The van der Waals surface area contributed by atoms with Crippen molar-refractivity contribution in [1.29, 1.82) is 0 Å². The van der Waals surface area contributed by atoms with Crippen molar-refractivity contribution >= 4 is 29.3 Å². The summed E-state index contributed by atoms with van der Waals surface area (Å²) in [7, 11) is 0. The molecule has 0 aromatic heterocycles. The Morgan fingerprint density at radius 1 is 1.57 bits per heavy atom. The maximum absolute atomic E-state index is 12.5. The fraction of sp³-hybridized carbons (Fsp3) is 0.375. The minimum Gasteiger partial charge on any atom is -0.324 e. The van der Waals surface area contributed by atoms with Crippen LogP contribution in [0, 0.1) is 12.3 Å². The smallest absolute Gasteiger partial charge is 0.248 e. The molecule has 2 fully saturated rings. The van der Waals surface area contributed by atoms with Crippen LogP contribution in [0.25, 0.3) is 0 Å². The van der Waals surface area contributed by atoms with E-state index in [4.69, 9.17) is 6.42 Å². The normalized spacial score (nSPS) is 27.3. The van der Waals surface area contributed by atoms with E-state index in [0.29, 0.717) is 17.9 Å². The molecule has 0 spiro atoms. The molecule has 2 aliphatic heterocycles. The highest BCUT2D eigenvalue weighted by Crippen LogP contribution is 2.47. The summed E-state index contributed by atoms with van der Waals surface area (Å²) in [5.41, 5.74) is 1.39. The maximum Gasteiger partial charge on any atom is 0.248 e. The van der Waals surface area contributed by atoms with E-state index in [9.17, 15) is 9.59 Å². The van der Waals surface area contributed by atoms with Gasteiger partial charge in [0, 0.05) is 23.4 Å². The molecule has 1 N–H and O–H groups in total. The molecular weight excluding hydrogens is 284 g/mol. The van der Waals surface area contributed by atoms with E-state index in [0.717, 1.165) is 12.0 Å². The molecule has 1 aromatic carbocycles. The number of fused-ring (bicyclic) bond motifs is 1. The van der Waals surface area contributed by atoms with Crippen molar-refractivity contribution in [3.63, 3.8) is 0 Å². The SMILES string of the molecule is C#Cc1cccc(NC(=O)[C@H]2CS[C@@]3(C)CCC(=O)N23)c1. The second-order valence-electron chi connectivity index (χ2n) is 5.48. The van der Waals surface area contributed by atoms with Crippen molar-refractivity contribution in [3.05, 3.63) is 29.8 Å². The number of nitrogens with one attached hydrogen (secondary N) is 1. The zero-order chi connectivity index (χ0) is 15.0. The Bertz CT molecular complexity index is 652. The molecule has 0 unspecified atom stereocenters. The number of carbonyl (C=O) groups excluding carboxylic acids is 2. The number of terminal acetylenes is 1. The van der Waals surface area contributed by atoms with Crippen molar-refractivity contribution in [3.8, 4) is 12.3 Å². The third-order valence-corrected chi connectivity index (χ3v) is 5.55. The van der Waals surface area contributed by atoms with Crippen LogP contribution in [0.15, 0.2) is 24.3 Å². The van der Waals surface area contributed by atoms with Crippen LogP contribution in [0.3, 0.4) is 0 Å². The average molecular weight is 300 g/mol. The summed E-state index contributed by atoms with van der Waals surface area (Å²) in [6, 6.07) is 6.77. The van der Waals surface area contributed by atoms with Crippen molar-refractivity contribution < 1.29 is 9.59 Å². The van der Waals surface area contributed by atoms with Gasteiger partial charge >= 0.3 is 0 Å². The first-order valence-electron chi connectivity index (χ1n) is 6.87. The van der Waals surface area contributed by atoms with Gasteiger partial charge in [0.05, 0.1) is 4.87 Å². The highest BCUT2D eigenvalue weighted by molar-refractivity contribution is 8.01. The number of hydrogen-bond acceptors (Lipinski definition) is 3. The topological polar surface area (TPSA) is 49.4 Å². The Balaban J connectivity index is 1.77. The monoisotopic (exact) mass is 300 g/mol. The molecule has 0 aliphatic carbocycles. The van der Waals surface area contributed by atoms with Gasteiger partial charge < -0.3 is 10.2 Å². The van der Waals surface area contributed by atoms with Crippen LogP contribution in [-0.4, -0.2) is 33.4 Å². The number of rotatable bonds is 2. The molecule has 21 heavy (non-hydrogen) atoms. The summed E-state index contributed by atoms with van der Waals surface area (Å²) in [6.07, 6.45) is 6.70. The predicted octanol–water partition coefficient (Wildman–Crippen LogP) is 2.06. The largest absolute Gasteiger partial charge is 0.324 e. The van der Waals surface area contributed by atoms with Gasteiger partial charge in [-0.25, -0.2) is 0 Å². The lowest BCUT2D eigenvalue weighted by Crippen LogP contribution is -2.48. The number of amides is 2. The minimum absolute atomic E-state index is 0.0695. The summed E-state index contributed by atoms with van der Waals surface area (Å²) >= 11 is 1.69. The average Bonchev–Trinajstić information content (AvgIpc) is 2.96. The molecule has 2 aliphatic rings. The summed E-state index contributed by atoms with van der Waals surface area (Å²) in [4.78, 5) is 26.0. The lowest BCUT2D eigenvalue weighted by molar-refractivity contribution is -0.135. The van der Waals surface area contributed by atoms with Gasteiger partial charge in [-0.2, -0.15) is 0 Å². The van der Waals surface area contributed by atoms with E-state index in [2.05, 4.69) is 11.2 Å². The van der Waals surface area contributed by atoms with Gasteiger partial charge in [-0.15, -0.1) is 18.2 Å². The molecule has 1 aromatic rings. The van der Waals surface area contributed by atoms with Crippen LogP contribution in [0.2, 0.25) is 0 Å². The lowest BCUT2D eigenvalue weighted by Gasteiger charge is -2.29. The molecule has 4 nitrogen and oxygen atoms in total. The summed E-state index contributed by atoms with van der Waals surface area (Å²) in [5, 5.41) is 2.87. The van der Waals surface area contributed by atoms with Gasteiger partial charge in [0.1, 0.15) is 6.04 Å². The summed E-state index contributed by atoms with van der Waals surface area (Å²) in [6.45, 7) is 2.04. The summed E-state index contributed by atoms with van der Waals surface area (Å²) in [5.74, 6) is 3.11. The first-order valence-corrected chi connectivity index (χ1v) is 7.86. The lowest BCUT2D eigenvalue weighted by atomic mass is 10.2. The van der Waals surface area contributed by atoms with E-state index < -0.39 is 6.04 Å². The summed E-state index contributed by atoms with van der Waals surface area (Å²) < 4.78 is 0. The van der Waals surface area contributed by atoms with Crippen molar-refractivity contribution in [1.82, 2.24) is 4.90 Å². The molecule has 0 bridgehead atoms. The zero-order valence-electron chi connectivity index (χ0n) is 11.8. The van der Waals surface area contributed by atoms with Gasteiger partial charge in [0.2, 0.25) is 11.8 Å². The molecule has 2 heterocycles. The van der Waals surface area contributed by atoms with Crippen molar-refractivity contribution in [2.75, 3.05) is 11.1 Å². The quantitative estimate of drug-likeness (QED) is 0.851. The van der Waals surface area contributed by atoms with Gasteiger partial charge in [-0.05, 0) is 31.5 Å². The Morgan fingerprint density at radius 3 is 3.14 bits per heavy atom. The standard InChI is InChI=1S/C16H16N2O2S/c1-3-11-5-4-6-12(9-11)17-15(20)13-10-21-16(2)8-7-14(19)18(13)16/h1,4-6,9,13H,7-8,10H2,2H3,(H,17,20)/t13-,16+/m1/s1. The second-order valence-corrected chi connectivity index (χ2v) is 6.98. The fourth-order valence-corrected chi connectivity index (χ4v) is 4.36. The fourth-order valence-electron chi connectivity index (χ4n) is 2.93. The Labute approximate surface area is 128 Å². The first kappa shape index (κ1) is 14.0. The third kappa shape index (κ3) is 2.40. The van der Waals surface area contributed by atoms with Gasteiger partial charge in [0.25, 0.3) is 0 Å². The Morgan fingerprint density at radius 2 is 2.38 bits per heavy atom. The number of hydrogen-bond donors (Lipinski definition) is 1. The molecule has 5 heteroatoms.